The number of hydrogen-bond donors (Lipinski definition) is 1. The SMILES string of the molecule is CCc1nn(CC(C)CNC)c(CC)c1[N+](=O)[O-]. The Kier molecular flexibility index (Phi) is 5.27. The fourth-order valence-corrected chi connectivity index (χ4v) is 2.20. The largest absolute Gasteiger partial charge is 0.319 e. The summed E-state index contributed by atoms with van der Waals surface area (Å²) in [5.74, 6) is 0.393. The van der Waals surface area contributed by atoms with Gasteiger partial charge in [-0.25, -0.2) is 0 Å². The van der Waals surface area contributed by atoms with Gasteiger partial charge in [-0.2, -0.15) is 5.10 Å². The van der Waals surface area contributed by atoms with E-state index in [4.69, 9.17) is 0 Å². The van der Waals surface area contributed by atoms with Crippen LogP contribution in [0.3, 0.4) is 0 Å². The second-order valence-electron chi connectivity index (χ2n) is 4.55. The molecule has 0 aliphatic rings. The van der Waals surface area contributed by atoms with Crippen LogP contribution in [0.15, 0.2) is 0 Å². The van der Waals surface area contributed by atoms with Crippen molar-refractivity contribution in [2.75, 3.05) is 13.6 Å². The molecular formula is C12H22N4O2. The summed E-state index contributed by atoms with van der Waals surface area (Å²) < 4.78 is 1.80. The van der Waals surface area contributed by atoms with Crippen LogP contribution in [0.25, 0.3) is 0 Å². The molecule has 1 unspecified atom stereocenters. The zero-order chi connectivity index (χ0) is 13.7. The predicted molar refractivity (Wildman–Crippen MR) is 70.7 cm³/mol. The zero-order valence-corrected chi connectivity index (χ0v) is 11.6. The number of rotatable bonds is 7. The average molecular weight is 254 g/mol. The molecule has 1 heterocycles. The average Bonchev–Trinajstić information content (AvgIpc) is 2.66. The van der Waals surface area contributed by atoms with Crippen LogP contribution in [0.5, 0.6) is 0 Å². The van der Waals surface area contributed by atoms with E-state index in [0.717, 1.165) is 12.2 Å². The first-order valence-electron chi connectivity index (χ1n) is 6.42. The third-order valence-corrected chi connectivity index (χ3v) is 2.99. The van der Waals surface area contributed by atoms with Crippen molar-refractivity contribution in [3.63, 3.8) is 0 Å². The summed E-state index contributed by atoms with van der Waals surface area (Å²) in [6, 6.07) is 0. The monoisotopic (exact) mass is 254 g/mol. The molecule has 0 saturated carbocycles. The van der Waals surface area contributed by atoms with E-state index in [1.54, 1.807) is 4.68 Å². The van der Waals surface area contributed by atoms with E-state index in [2.05, 4.69) is 17.3 Å². The van der Waals surface area contributed by atoms with Crippen molar-refractivity contribution >= 4 is 5.69 Å². The Labute approximate surface area is 108 Å². The highest BCUT2D eigenvalue weighted by molar-refractivity contribution is 5.41. The van der Waals surface area contributed by atoms with E-state index >= 15 is 0 Å². The lowest BCUT2D eigenvalue weighted by Gasteiger charge is -2.12. The summed E-state index contributed by atoms with van der Waals surface area (Å²) in [4.78, 5) is 10.8. The topological polar surface area (TPSA) is 73.0 Å². The van der Waals surface area contributed by atoms with Gasteiger partial charge in [0.25, 0.3) is 0 Å². The standard InChI is InChI=1S/C12H22N4O2/c1-5-10-12(16(17)18)11(6-2)15(14-10)8-9(3)7-13-4/h9,13H,5-8H2,1-4H3. The van der Waals surface area contributed by atoms with Crippen molar-refractivity contribution in [3.8, 4) is 0 Å². The molecule has 1 N–H and O–H groups in total. The lowest BCUT2D eigenvalue weighted by molar-refractivity contribution is -0.386. The molecule has 1 atom stereocenters. The lowest BCUT2D eigenvalue weighted by Crippen LogP contribution is -2.22. The van der Waals surface area contributed by atoms with Crippen LogP contribution in [0.4, 0.5) is 5.69 Å². The normalized spacial score (nSPS) is 12.7. The van der Waals surface area contributed by atoms with E-state index in [1.165, 1.54) is 0 Å². The van der Waals surface area contributed by atoms with E-state index in [9.17, 15) is 10.1 Å². The van der Waals surface area contributed by atoms with Gasteiger partial charge in [-0.3, -0.25) is 14.8 Å². The van der Waals surface area contributed by atoms with Crippen molar-refractivity contribution in [1.82, 2.24) is 15.1 Å². The third kappa shape index (κ3) is 3.07. The fraction of sp³-hybridized carbons (Fsp3) is 0.750. The van der Waals surface area contributed by atoms with Crippen LogP contribution in [-0.2, 0) is 19.4 Å². The maximum atomic E-state index is 11.1. The summed E-state index contributed by atoms with van der Waals surface area (Å²) >= 11 is 0. The van der Waals surface area contributed by atoms with E-state index in [0.29, 0.717) is 31.0 Å². The second kappa shape index (κ2) is 6.49. The van der Waals surface area contributed by atoms with Crippen molar-refractivity contribution < 1.29 is 4.92 Å². The summed E-state index contributed by atoms with van der Waals surface area (Å²) in [6.07, 6.45) is 1.23. The van der Waals surface area contributed by atoms with Crippen LogP contribution in [-0.4, -0.2) is 28.3 Å². The number of nitrogens with zero attached hydrogens (tertiary/aromatic N) is 3. The molecular weight excluding hydrogens is 232 g/mol. The Morgan fingerprint density at radius 1 is 1.44 bits per heavy atom. The van der Waals surface area contributed by atoms with E-state index < -0.39 is 0 Å². The summed E-state index contributed by atoms with van der Waals surface area (Å²) in [7, 11) is 1.90. The lowest BCUT2D eigenvalue weighted by atomic mass is 10.1. The number of hydrogen-bond acceptors (Lipinski definition) is 4. The Bertz CT molecular complexity index is 414. The number of nitrogens with one attached hydrogen (secondary N) is 1. The van der Waals surface area contributed by atoms with Crippen molar-refractivity contribution in [3.05, 3.63) is 21.5 Å². The van der Waals surface area contributed by atoms with Gasteiger partial charge in [0.15, 0.2) is 0 Å². The highest BCUT2D eigenvalue weighted by Crippen LogP contribution is 2.25. The van der Waals surface area contributed by atoms with Crippen molar-refractivity contribution in [1.29, 1.82) is 0 Å². The highest BCUT2D eigenvalue weighted by atomic mass is 16.6. The Morgan fingerprint density at radius 3 is 2.56 bits per heavy atom. The fourth-order valence-electron chi connectivity index (χ4n) is 2.20. The van der Waals surface area contributed by atoms with Gasteiger partial charge in [-0.15, -0.1) is 0 Å². The van der Waals surface area contributed by atoms with Crippen LogP contribution >= 0.6 is 0 Å². The molecule has 0 aliphatic carbocycles. The summed E-state index contributed by atoms with van der Waals surface area (Å²) in [5, 5.41) is 18.6. The molecule has 1 aromatic rings. The van der Waals surface area contributed by atoms with Crippen LogP contribution < -0.4 is 5.32 Å². The minimum Gasteiger partial charge on any atom is -0.319 e. The molecule has 1 aromatic heterocycles. The maximum absolute atomic E-state index is 11.1. The van der Waals surface area contributed by atoms with Gasteiger partial charge in [0, 0.05) is 6.54 Å². The van der Waals surface area contributed by atoms with Gasteiger partial charge in [-0.1, -0.05) is 20.8 Å². The maximum Gasteiger partial charge on any atom is 0.313 e. The Morgan fingerprint density at radius 2 is 2.11 bits per heavy atom. The zero-order valence-electron chi connectivity index (χ0n) is 11.6. The van der Waals surface area contributed by atoms with Gasteiger partial charge in [0.05, 0.1) is 4.92 Å². The van der Waals surface area contributed by atoms with Crippen molar-refractivity contribution in [2.45, 2.75) is 40.2 Å². The van der Waals surface area contributed by atoms with Crippen LogP contribution in [0.2, 0.25) is 0 Å². The van der Waals surface area contributed by atoms with Gasteiger partial charge in [0.1, 0.15) is 11.4 Å². The minimum absolute atomic E-state index is 0.205. The number of nitro groups is 1. The molecule has 0 aliphatic heterocycles. The highest BCUT2D eigenvalue weighted by Gasteiger charge is 2.25. The molecule has 6 heteroatoms. The quantitative estimate of drug-likeness (QED) is 0.594. The smallest absolute Gasteiger partial charge is 0.313 e. The molecule has 0 bridgehead atoms. The molecule has 18 heavy (non-hydrogen) atoms. The molecule has 1 rings (SSSR count). The molecule has 0 fully saturated rings. The Balaban J connectivity index is 3.08. The number of aryl methyl sites for hydroxylation is 1. The first-order chi connectivity index (χ1) is 8.54. The van der Waals surface area contributed by atoms with Gasteiger partial charge < -0.3 is 5.32 Å². The third-order valence-electron chi connectivity index (χ3n) is 2.99. The molecule has 102 valence electrons. The first-order valence-corrected chi connectivity index (χ1v) is 6.42. The molecule has 0 saturated heterocycles. The first kappa shape index (κ1) is 14.6. The second-order valence-corrected chi connectivity index (χ2v) is 4.55. The molecule has 0 radical (unpaired) electrons. The molecule has 0 aromatic carbocycles. The molecule has 6 nitrogen and oxygen atoms in total. The van der Waals surface area contributed by atoms with E-state index in [1.807, 2.05) is 20.9 Å². The number of aromatic nitrogens is 2. The predicted octanol–water partition coefficient (Wildman–Crippen LogP) is 1.77. The van der Waals surface area contributed by atoms with Gasteiger partial charge in [-0.05, 0) is 32.4 Å². The van der Waals surface area contributed by atoms with Crippen LogP contribution in [0.1, 0.15) is 32.2 Å². The van der Waals surface area contributed by atoms with Gasteiger partial charge >= 0.3 is 5.69 Å². The summed E-state index contributed by atoms with van der Waals surface area (Å²) in [5.41, 5.74) is 1.53. The molecule has 0 amide bonds. The minimum atomic E-state index is -0.302. The van der Waals surface area contributed by atoms with E-state index in [-0.39, 0.29) is 10.6 Å². The van der Waals surface area contributed by atoms with Crippen LogP contribution in [0, 0.1) is 16.0 Å². The van der Waals surface area contributed by atoms with Crippen molar-refractivity contribution in [2.24, 2.45) is 5.92 Å². The Hall–Kier alpha value is -1.43. The molecule has 0 spiro atoms. The van der Waals surface area contributed by atoms with Gasteiger partial charge in [0.2, 0.25) is 0 Å². The summed E-state index contributed by atoms with van der Waals surface area (Å²) in [6.45, 7) is 7.52.